The van der Waals surface area contributed by atoms with Gasteiger partial charge in [0, 0.05) is 11.1 Å². The van der Waals surface area contributed by atoms with Crippen LogP contribution in [0.1, 0.15) is 11.1 Å². The van der Waals surface area contributed by atoms with Gasteiger partial charge in [-0.2, -0.15) is 0 Å². The smallest absolute Gasteiger partial charge is 0.263 e. The van der Waals surface area contributed by atoms with E-state index in [2.05, 4.69) is 0 Å². The zero-order chi connectivity index (χ0) is 18.8. The van der Waals surface area contributed by atoms with Gasteiger partial charge < -0.3 is 0 Å². The van der Waals surface area contributed by atoms with Crippen LogP contribution in [0.25, 0.3) is 11.6 Å². The number of benzene rings is 3. The number of hydrogen-bond acceptors (Lipinski definition) is 1. The lowest BCUT2D eigenvalue weighted by Crippen LogP contribution is -2.21. The molecule has 0 unspecified atom stereocenters. The molecule has 0 saturated carbocycles. The molecule has 0 bridgehead atoms. The molecule has 27 heavy (non-hydrogen) atoms. The van der Waals surface area contributed by atoms with Gasteiger partial charge in [0.1, 0.15) is 0 Å². The number of carbonyl (C=O) groups is 1. The number of amides is 1. The largest absolute Gasteiger partial charge is 0.273 e. The maximum absolute atomic E-state index is 13.2. The number of para-hydroxylation sites is 2. The molecule has 1 heterocycles. The first-order valence-corrected chi connectivity index (χ1v) is 9.23. The maximum Gasteiger partial charge on any atom is 0.263 e. The van der Waals surface area contributed by atoms with E-state index in [1.165, 1.54) is 0 Å². The standard InChI is InChI=1S/C23H15Cl2NO/c24-19-13-7-14-20(25)22(19)26-21-15-5-4-11-17(21)18(23(26)27)12-6-10-16-8-2-1-3-9-16/h1-15H/b10-6+,18-12-. The van der Waals surface area contributed by atoms with Gasteiger partial charge in [0.25, 0.3) is 5.91 Å². The molecule has 0 spiro atoms. The van der Waals surface area contributed by atoms with Crippen LogP contribution < -0.4 is 4.90 Å². The predicted molar refractivity (Wildman–Crippen MR) is 114 cm³/mol. The van der Waals surface area contributed by atoms with Crippen molar-refractivity contribution in [3.05, 3.63) is 106 Å². The fourth-order valence-electron chi connectivity index (χ4n) is 3.15. The van der Waals surface area contributed by atoms with Gasteiger partial charge in [0.15, 0.2) is 0 Å². The van der Waals surface area contributed by atoms with Gasteiger partial charge in [0.2, 0.25) is 0 Å². The van der Waals surface area contributed by atoms with Crippen LogP contribution >= 0.6 is 23.2 Å². The number of hydrogen-bond donors (Lipinski definition) is 0. The van der Waals surface area contributed by atoms with Crippen LogP contribution in [0.2, 0.25) is 10.0 Å². The Kier molecular flexibility index (Phi) is 4.85. The van der Waals surface area contributed by atoms with Crippen LogP contribution in [0.4, 0.5) is 11.4 Å². The number of anilines is 2. The molecule has 132 valence electrons. The van der Waals surface area contributed by atoms with Gasteiger partial charge in [-0.05, 0) is 29.8 Å². The molecular formula is C23H15Cl2NO. The summed E-state index contributed by atoms with van der Waals surface area (Å²) in [7, 11) is 0. The third kappa shape index (κ3) is 3.30. The van der Waals surface area contributed by atoms with Crippen LogP contribution in [0.3, 0.4) is 0 Å². The fraction of sp³-hybridized carbons (Fsp3) is 0. The Labute approximate surface area is 168 Å². The highest BCUT2D eigenvalue weighted by Gasteiger charge is 2.34. The molecule has 0 radical (unpaired) electrons. The summed E-state index contributed by atoms with van der Waals surface area (Å²) in [6.07, 6.45) is 5.68. The SMILES string of the molecule is O=C1/C(=C\C=C\c2ccccc2)c2ccccc2N1c1c(Cl)cccc1Cl. The van der Waals surface area contributed by atoms with Crippen molar-refractivity contribution in [2.24, 2.45) is 0 Å². The number of halogens is 2. The van der Waals surface area contributed by atoms with Gasteiger partial charge in [-0.3, -0.25) is 9.69 Å². The Morgan fingerprint density at radius 1 is 0.778 bits per heavy atom. The van der Waals surface area contributed by atoms with Crippen LogP contribution in [0, 0.1) is 0 Å². The van der Waals surface area contributed by atoms with Crippen molar-refractivity contribution in [1.82, 2.24) is 0 Å². The molecule has 2 nitrogen and oxygen atoms in total. The van der Waals surface area contributed by atoms with Crippen LogP contribution in [-0.4, -0.2) is 5.91 Å². The van der Waals surface area contributed by atoms with Crippen molar-refractivity contribution in [2.45, 2.75) is 0 Å². The van der Waals surface area contributed by atoms with Crippen molar-refractivity contribution in [2.75, 3.05) is 4.90 Å². The lowest BCUT2D eigenvalue weighted by molar-refractivity contribution is -0.112. The van der Waals surface area contributed by atoms with Gasteiger partial charge in [-0.15, -0.1) is 0 Å². The van der Waals surface area contributed by atoms with E-state index in [9.17, 15) is 4.79 Å². The van der Waals surface area contributed by atoms with E-state index in [-0.39, 0.29) is 5.91 Å². The maximum atomic E-state index is 13.2. The Morgan fingerprint density at radius 3 is 2.19 bits per heavy atom. The van der Waals surface area contributed by atoms with Crippen molar-refractivity contribution in [3.8, 4) is 0 Å². The van der Waals surface area contributed by atoms with Crippen LogP contribution in [-0.2, 0) is 4.79 Å². The molecule has 4 rings (SSSR count). The van der Waals surface area contributed by atoms with Crippen molar-refractivity contribution in [3.63, 3.8) is 0 Å². The predicted octanol–water partition coefficient (Wildman–Crippen LogP) is 6.77. The first-order chi connectivity index (χ1) is 13.2. The number of rotatable bonds is 3. The van der Waals surface area contributed by atoms with Crippen LogP contribution in [0.5, 0.6) is 0 Å². The van der Waals surface area contributed by atoms with E-state index in [1.54, 1.807) is 23.1 Å². The molecule has 1 aliphatic heterocycles. The van der Waals surface area contributed by atoms with E-state index in [0.717, 1.165) is 16.8 Å². The molecule has 0 saturated heterocycles. The highest BCUT2D eigenvalue weighted by Crippen LogP contribution is 2.46. The zero-order valence-electron chi connectivity index (χ0n) is 14.3. The Morgan fingerprint density at radius 2 is 1.44 bits per heavy atom. The molecular weight excluding hydrogens is 377 g/mol. The molecule has 0 N–H and O–H groups in total. The average molecular weight is 392 g/mol. The van der Waals surface area contributed by atoms with Gasteiger partial charge in [-0.1, -0.05) is 90.0 Å². The van der Waals surface area contributed by atoms with E-state index < -0.39 is 0 Å². The minimum absolute atomic E-state index is 0.149. The molecule has 3 aromatic rings. The number of carbonyl (C=O) groups excluding carboxylic acids is 1. The van der Waals surface area contributed by atoms with Gasteiger partial charge >= 0.3 is 0 Å². The van der Waals surface area contributed by atoms with E-state index in [1.807, 2.05) is 72.8 Å². The second-order valence-corrected chi connectivity index (χ2v) is 6.89. The summed E-state index contributed by atoms with van der Waals surface area (Å²) in [5.74, 6) is -0.149. The second kappa shape index (κ2) is 7.43. The van der Waals surface area contributed by atoms with E-state index in [0.29, 0.717) is 21.3 Å². The minimum atomic E-state index is -0.149. The lowest BCUT2D eigenvalue weighted by atomic mass is 10.1. The Balaban J connectivity index is 1.79. The third-order valence-corrected chi connectivity index (χ3v) is 4.99. The number of allylic oxidation sites excluding steroid dienone is 2. The highest BCUT2D eigenvalue weighted by molar-refractivity contribution is 6.43. The molecule has 0 atom stereocenters. The quantitative estimate of drug-likeness (QED) is 0.451. The monoisotopic (exact) mass is 391 g/mol. The lowest BCUT2D eigenvalue weighted by Gasteiger charge is -2.19. The van der Waals surface area contributed by atoms with Gasteiger partial charge in [0.05, 0.1) is 21.4 Å². The molecule has 1 aliphatic rings. The molecule has 0 aliphatic carbocycles. The first-order valence-electron chi connectivity index (χ1n) is 8.48. The topological polar surface area (TPSA) is 20.3 Å². The number of nitrogens with zero attached hydrogens (tertiary/aromatic N) is 1. The number of fused-ring (bicyclic) bond motifs is 1. The summed E-state index contributed by atoms with van der Waals surface area (Å²) in [6.45, 7) is 0. The molecule has 4 heteroatoms. The van der Waals surface area contributed by atoms with Gasteiger partial charge in [-0.25, -0.2) is 0 Å². The van der Waals surface area contributed by atoms with Crippen LogP contribution in [0.15, 0.2) is 84.9 Å². The highest BCUT2D eigenvalue weighted by atomic mass is 35.5. The second-order valence-electron chi connectivity index (χ2n) is 6.08. The normalized spacial score (nSPS) is 15.0. The van der Waals surface area contributed by atoms with Crippen molar-refractivity contribution >= 4 is 52.1 Å². The molecule has 0 fully saturated rings. The summed E-state index contributed by atoms with van der Waals surface area (Å²) in [6, 6.07) is 22.8. The third-order valence-electron chi connectivity index (χ3n) is 4.38. The fourth-order valence-corrected chi connectivity index (χ4v) is 3.71. The summed E-state index contributed by atoms with van der Waals surface area (Å²) in [5, 5.41) is 0.874. The molecule has 3 aromatic carbocycles. The molecule has 0 aromatic heterocycles. The molecule has 1 amide bonds. The zero-order valence-corrected chi connectivity index (χ0v) is 15.8. The van der Waals surface area contributed by atoms with E-state index >= 15 is 0 Å². The Bertz CT molecular complexity index is 1050. The minimum Gasteiger partial charge on any atom is -0.273 e. The first kappa shape index (κ1) is 17.6. The summed E-state index contributed by atoms with van der Waals surface area (Å²) >= 11 is 12.7. The van der Waals surface area contributed by atoms with Crippen molar-refractivity contribution in [1.29, 1.82) is 0 Å². The summed E-state index contributed by atoms with van der Waals surface area (Å²) in [5.41, 5.74) is 3.81. The summed E-state index contributed by atoms with van der Waals surface area (Å²) < 4.78 is 0. The van der Waals surface area contributed by atoms with E-state index in [4.69, 9.17) is 23.2 Å². The van der Waals surface area contributed by atoms with Crippen molar-refractivity contribution < 1.29 is 4.79 Å². The Hall–Kier alpha value is -2.81. The summed E-state index contributed by atoms with van der Waals surface area (Å²) in [4.78, 5) is 14.8. The average Bonchev–Trinajstić information content (AvgIpc) is 2.95.